The summed E-state index contributed by atoms with van der Waals surface area (Å²) in [6.07, 6.45) is 3.62. The van der Waals surface area contributed by atoms with E-state index in [9.17, 15) is 4.79 Å². The lowest BCUT2D eigenvalue weighted by molar-refractivity contribution is 0.0527. The highest BCUT2D eigenvalue weighted by Crippen LogP contribution is 2.13. The third kappa shape index (κ3) is 5.13. The van der Waals surface area contributed by atoms with E-state index in [1.807, 2.05) is 36.7 Å². The number of nitrogens with zero attached hydrogens (tertiary/aromatic N) is 2. The monoisotopic (exact) mass is 325 g/mol. The number of esters is 1. The number of nitrogen functional groups attached to an aromatic ring is 1. The van der Waals surface area contributed by atoms with Crippen molar-refractivity contribution in [3.05, 3.63) is 66.5 Å². The Kier molecular flexibility index (Phi) is 6.34. The molecule has 0 radical (unpaired) electrons. The maximum Gasteiger partial charge on any atom is 0.340 e. The lowest BCUT2D eigenvalue weighted by Crippen LogP contribution is -2.07. The maximum atomic E-state index is 11.2. The second-order valence-electron chi connectivity index (χ2n) is 4.62. The first kappa shape index (κ1) is 17.0. The van der Waals surface area contributed by atoms with Crippen LogP contribution in [0.25, 0.3) is 0 Å². The molecule has 0 aliphatic rings. The number of H-pyrrole nitrogens is 2. The van der Waals surface area contributed by atoms with Gasteiger partial charge in [0.15, 0.2) is 11.6 Å². The minimum atomic E-state index is -0.365. The van der Waals surface area contributed by atoms with Crippen molar-refractivity contribution in [2.75, 3.05) is 12.3 Å². The summed E-state index contributed by atoms with van der Waals surface area (Å²) in [5.74, 6) is 1.14. The molecule has 0 atom stereocenters. The zero-order valence-electron chi connectivity index (χ0n) is 13.3. The molecule has 2 aromatic heterocycles. The van der Waals surface area contributed by atoms with Crippen LogP contribution in [0.3, 0.4) is 0 Å². The van der Waals surface area contributed by atoms with Crippen LogP contribution in [-0.2, 0) is 4.74 Å². The van der Waals surface area contributed by atoms with E-state index >= 15 is 0 Å². The van der Waals surface area contributed by atoms with Gasteiger partial charge >= 0.3 is 5.97 Å². The summed E-state index contributed by atoms with van der Waals surface area (Å²) in [5.41, 5.74) is 6.44. The van der Waals surface area contributed by atoms with Crippen LogP contribution in [0.4, 0.5) is 17.3 Å². The zero-order valence-corrected chi connectivity index (χ0v) is 13.3. The van der Waals surface area contributed by atoms with Gasteiger partial charge in [-0.05, 0) is 43.3 Å². The minimum absolute atomic E-state index is 0.365. The normalized spacial score (nSPS) is 10.2. The number of carbonyl (C=O) groups excluding carboxylic acids is 1. The predicted octanol–water partition coefficient (Wildman–Crippen LogP) is 4.20. The van der Waals surface area contributed by atoms with Gasteiger partial charge in [0.2, 0.25) is 0 Å². The molecule has 0 aliphatic carbocycles. The van der Waals surface area contributed by atoms with Crippen LogP contribution in [0.15, 0.2) is 71.2 Å². The van der Waals surface area contributed by atoms with Gasteiger partial charge in [-0.25, -0.2) is 4.79 Å². The predicted molar refractivity (Wildman–Crippen MR) is 92.6 cm³/mol. The molecule has 0 saturated heterocycles. The van der Waals surface area contributed by atoms with Gasteiger partial charge in [-0.1, -0.05) is 12.1 Å². The number of rotatable bonds is 4. The van der Waals surface area contributed by atoms with Crippen LogP contribution in [0, 0.1) is 0 Å². The lowest BCUT2D eigenvalue weighted by Gasteiger charge is -2.03. The van der Waals surface area contributed by atoms with E-state index in [1.165, 1.54) is 0 Å². The highest BCUT2D eigenvalue weighted by atomic mass is 16.5. The van der Waals surface area contributed by atoms with Crippen molar-refractivity contribution in [2.24, 2.45) is 10.2 Å². The van der Waals surface area contributed by atoms with Crippen LogP contribution in [0.1, 0.15) is 17.3 Å². The van der Waals surface area contributed by atoms with Crippen molar-refractivity contribution in [3.8, 4) is 0 Å². The summed E-state index contributed by atoms with van der Waals surface area (Å²) >= 11 is 0. The van der Waals surface area contributed by atoms with Crippen LogP contribution in [0.5, 0.6) is 0 Å². The molecule has 0 fully saturated rings. The Hall–Kier alpha value is -3.35. The van der Waals surface area contributed by atoms with Crippen LogP contribution in [0.2, 0.25) is 0 Å². The fourth-order valence-corrected chi connectivity index (χ4v) is 1.77. The van der Waals surface area contributed by atoms with Gasteiger partial charge in [0.1, 0.15) is 0 Å². The lowest BCUT2D eigenvalue weighted by atomic mass is 10.2. The largest absolute Gasteiger partial charge is 0.462 e. The number of hydrogen-bond acceptors (Lipinski definition) is 5. The second-order valence-corrected chi connectivity index (χ2v) is 4.62. The van der Waals surface area contributed by atoms with Gasteiger partial charge in [0.25, 0.3) is 0 Å². The molecular weight excluding hydrogens is 306 g/mol. The number of carbonyl (C=O) groups is 1. The van der Waals surface area contributed by atoms with Crippen molar-refractivity contribution < 1.29 is 9.53 Å². The summed E-state index contributed by atoms with van der Waals surface area (Å²) < 4.78 is 4.79. The molecule has 7 nitrogen and oxygen atoms in total. The van der Waals surface area contributed by atoms with E-state index in [0.717, 1.165) is 11.6 Å². The van der Waals surface area contributed by atoms with Crippen molar-refractivity contribution in [1.82, 2.24) is 9.97 Å². The molecule has 0 spiro atoms. The number of benzene rings is 1. The Morgan fingerprint density at radius 1 is 1.00 bits per heavy atom. The maximum absolute atomic E-state index is 11.2. The zero-order chi connectivity index (χ0) is 17.2. The molecule has 0 saturated carbocycles. The number of nitrogens with two attached hydrogens (primary N) is 1. The molecule has 0 unspecified atom stereocenters. The molecule has 124 valence electrons. The Bertz CT molecular complexity index is 728. The number of aromatic nitrogens is 2. The molecule has 0 amide bonds. The number of azo groups is 1. The minimum Gasteiger partial charge on any atom is -0.462 e. The van der Waals surface area contributed by atoms with E-state index in [4.69, 9.17) is 10.5 Å². The summed E-state index contributed by atoms with van der Waals surface area (Å²) in [6.45, 7) is 2.13. The van der Waals surface area contributed by atoms with E-state index in [2.05, 4.69) is 20.2 Å². The summed E-state index contributed by atoms with van der Waals surface area (Å²) in [6, 6.07) is 14.3. The number of aromatic amines is 2. The number of ether oxygens (including phenoxy) is 1. The SMILES string of the molecule is CCOC(=O)c1ccccc1N.c1c[nH]c(N=Nc2ccc[nH]2)c1. The second kappa shape index (κ2) is 8.94. The quantitative estimate of drug-likeness (QED) is 0.380. The van der Waals surface area contributed by atoms with Gasteiger partial charge in [-0.2, -0.15) is 0 Å². The fraction of sp³-hybridized carbons (Fsp3) is 0.118. The Morgan fingerprint density at radius 2 is 1.58 bits per heavy atom. The third-order valence-electron chi connectivity index (χ3n) is 2.88. The molecule has 0 bridgehead atoms. The average molecular weight is 325 g/mol. The van der Waals surface area contributed by atoms with Crippen LogP contribution < -0.4 is 5.73 Å². The summed E-state index contributed by atoms with van der Waals surface area (Å²) in [5, 5.41) is 7.89. The van der Waals surface area contributed by atoms with E-state index in [1.54, 1.807) is 31.2 Å². The Morgan fingerprint density at radius 3 is 2.04 bits per heavy atom. The Labute approximate surface area is 139 Å². The van der Waals surface area contributed by atoms with Crippen molar-refractivity contribution in [1.29, 1.82) is 0 Å². The molecular formula is C17H19N5O2. The molecule has 3 rings (SSSR count). The highest BCUT2D eigenvalue weighted by Gasteiger charge is 2.08. The molecule has 1 aromatic carbocycles. The Balaban J connectivity index is 0.000000174. The van der Waals surface area contributed by atoms with Gasteiger partial charge in [-0.3, -0.25) is 0 Å². The van der Waals surface area contributed by atoms with Crippen molar-refractivity contribution >= 4 is 23.3 Å². The number of anilines is 1. The first-order valence-corrected chi connectivity index (χ1v) is 7.41. The third-order valence-corrected chi connectivity index (χ3v) is 2.88. The topological polar surface area (TPSA) is 109 Å². The fourth-order valence-electron chi connectivity index (χ4n) is 1.77. The molecule has 24 heavy (non-hydrogen) atoms. The molecule has 7 heteroatoms. The van der Waals surface area contributed by atoms with Crippen molar-refractivity contribution in [3.63, 3.8) is 0 Å². The van der Waals surface area contributed by atoms with Gasteiger partial charge in [0.05, 0.1) is 12.2 Å². The molecule has 2 heterocycles. The van der Waals surface area contributed by atoms with Crippen LogP contribution >= 0.6 is 0 Å². The summed E-state index contributed by atoms with van der Waals surface area (Å²) in [7, 11) is 0. The number of para-hydroxylation sites is 1. The molecule has 4 N–H and O–H groups in total. The first-order valence-electron chi connectivity index (χ1n) is 7.41. The highest BCUT2D eigenvalue weighted by molar-refractivity contribution is 5.94. The van der Waals surface area contributed by atoms with Gasteiger partial charge in [0, 0.05) is 18.1 Å². The first-order chi connectivity index (χ1) is 11.7. The van der Waals surface area contributed by atoms with Crippen molar-refractivity contribution in [2.45, 2.75) is 6.92 Å². The smallest absolute Gasteiger partial charge is 0.340 e. The standard InChI is InChI=1S/C9H11NO2.C8H8N4/c1-2-12-9(11)7-5-3-4-6-8(7)10;1-3-7(9-5-1)11-12-8-4-2-6-10-8/h3-6H,2,10H2,1H3;1-6,9-10H. The van der Waals surface area contributed by atoms with Crippen LogP contribution in [-0.4, -0.2) is 22.5 Å². The molecule has 3 aromatic rings. The van der Waals surface area contributed by atoms with Gasteiger partial charge < -0.3 is 20.4 Å². The summed E-state index contributed by atoms with van der Waals surface area (Å²) in [4.78, 5) is 17.0. The number of hydrogen-bond donors (Lipinski definition) is 3. The van der Waals surface area contributed by atoms with E-state index in [0.29, 0.717) is 17.9 Å². The van der Waals surface area contributed by atoms with E-state index < -0.39 is 0 Å². The van der Waals surface area contributed by atoms with E-state index in [-0.39, 0.29) is 5.97 Å². The number of nitrogens with one attached hydrogen (secondary N) is 2. The average Bonchev–Trinajstić information content (AvgIpc) is 3.28. The van der Waals surface area contributed by atoms with Gasteiger partial charge in [-0.15, -0.1) is 10.2 Å². The molecule has 0 aliphatic heterocycles.